The Hall–Kier alpha value is -0.0800. The summed E-state index contributed by atoms with van der Waals surface area (Å²) in [6, 6.07) is 0.626. The van der Waals surface area contributed by atoms with Gasteiger partial charge < -0.3 is 10.1 Å². The van der Waals surface area contributed by atoms with Crippen LogP contribution >= 0.6 is 0 Å². The largest absolute Gasteiger partial charge is 0.381 e. The molecular formula is C12H25NO. The standard InChI is InChI=1S/C12H25NO/c1-11(2)13-8-4-3-5-9-14-10-12-6-7-12/h11-13H,3-10H2,1-2H3. The number of unbranched alkanes of at least 4 members (excludes halogenated alkanes) is 2. The second-order valence-electron chi connectivity index (χ2n) is 4.69. The van der Waals surface area contributed by atoms with Crippen molar-refractivity contribution in [1.29, 1.82) is 0 Å². The average molecular weight is 199 g/mol. The summed E-state index contributed by atoms with van der Waals surface area (Å²) in [6.45, 7) is 7.53. The van der Waals surface area contributed by atoms with E-state index >= 15 is 0 Å². The maximum atomic E-state index is 5.56. The number of rotatable bonds is 9. The molecule has 1 fully saturated rings. The first kappa shape index (κ1) is 12.0. The maximum Gasteiger partial charge on any atom is 0.0494 e. The van der Waals surface area contributed by atoms with Crippen LogP contribution in [0.4, 0.5) is 0 Å². The van der Waals surface area contributed by atoms with Gasteiger partial charge in [-0.1, -0.05) is 13.8 Å². The van der Waals surface area contributed by atoms with Gasteiger partial charge in [-0.05, 0) is 44.6 Å². The van der Waals surface area contributed by atoms with Crippen LogP contribution in [-0.2, 0) is 4.74 Å². The Morgan fingerprint density at radius 1 is 1.21 bits per heavy atom. The third-order valence-electron chi connectivity index (χ3n) is 2.57. The molecule has 1 aliphatic rings. The molecule has 0 heterocycles. The average Bonchev–Trinajstić information content (AvgIpc) is 2.92. The van der Waals surface area contributed by atoms with Gasteiger partial charge in [-0.25, -0.2) is 0 Å². The lowest BCUT2D eigenvalue weighted by Crippen LogP contribution is -2.23. The number of nitrogens with one attached hydrogen (secondary N) is 1. The first-order chi connectivity index (χ1) is 6.79. The van der Waals surface area contributed by atoms with Crippen LogP contribution < -0.4 is 5.32 Å². The van der Waals surface area contributed by atoms with Crippen molar-refractivity contribution in [3.63, 3.8) is 0 Å². The van der Waals surface area contributed by atoms with E-state index in [1.165, 1.54) is 32.1 Å². The molecular weight excluding hydrogens is 174 g/mol. The van der Waals surface area contributed by atoms with E-state index < -0.39 is 0 Å². The smallest absolute Gasteiger partial charge is 0.0494 e. The summed E-state index contributed by atoms with van der Waals surface area (Å²) in [6.07, 6.45) is 6.61. The van der Waals surface area contributed by atoms with Crippen molar-refractivity contribution in [3.05, 3.63) is 0 Å². The van der Waals surface area contributed by atoms with Crippen molar-refractivity contribution < 1.29 is 4.74 Å². The van der Waals surface area contributed by atoms with Crippen LogP contribution in [0, 0.1) is 5.92 Å². The molecule has 0 aromatic carbocycles. The summed E-state index contributed by atoms with van der Waals surface area (Å²) in [5, 5.41) is 3.42. The highest BCUT2D eigenvalue weighted by Gasteiger charge is 2.20. The van der Waals surface area contributed by atoms with Crippen LogP contribution in [-0.4, -0.2) is 25.8 Å². The summed E-state index contributed by atoms with van der Waals surface area (Å²) < 4.78 is 5.56. The van der Waals surface area contributed by atoms with E-state index in [0.29, 0.717) is 6.04 Å². The molecule has 0 aromatic rings. The summed E-state index contributed by atoms with van der Waals surface area (Å²) in [5.41, 5.74) is 0. The van der Waals surface area contributed by atoms with E-state index in [-0.39, 0.29) is 0 Å². The lowest BCUT2D eigenvalue weighted by atomic mass is 10.2. The normalized spacial score (nSPS) is 16.5. The molecule has 1 N–H and O–H groups in total. The van der Waals surface area contributed by atoms with E-state index in [1.54, 1.807) is 0 Å². The van der Waals surface area contributed by atoms with E-state index in [4.69, 9.17) is 4.74 Å². The quantitative estimate of drug-likeness (QED) is 0.576. The van der Waals surface area contributed by atoms with Crippen molar-refractivity contribution in [1.82, 2.24) is 5.32 Å². The first-order valence-electron chi connectivity index (χ1n) is 6.10. The Morgan fingerprint density at radius 2 is 2.00 bits per heavy atom. The van der Waals surface area contributed by atoms with Crippen LogP contribution in [0.1, 0.15) is 46.0 Å². The van der Waals surface area contributed by atoms with Crippen LogP contribution in [0.25, 0.3) is 0 Å². The zero-order chi connectivity index (χ0) is 10.2. The van der Waals surface area contributed by atoms with E-state index in [2.05, 4.69) is 19.2 Å². The maximum absolute atomic E-state index is 5.56. The van der Waals surface area contributed by atoms with Gasteiger partial charge in [0, 0.05) is 19.3 Å². The Balaban J connectivity index is 1.66. The molecule has 0 radical (unpaired) electrons. The van der Waals surface area contributed by atoms with Gasteiger partial charge >= 0.3 is 0 Å². The molecule has 0 bridgehead atoms. The summed E-state index contributed by atoms with van der Waals surface area (Å²) in [4.78, 5) is 0. The highest BCUT2D eigenvalue weighted by atomic mass is 16.5. The molecule has 14 heavy (non-hydrogen) atoms. The third kappa shape index (κ3) is 7.34. The molecule has 0 unspecified atom stereocenters. The number of hydrogen-bond acceptors (Lipinski definition) is 2. The molecule has 0 aliphatic heterocycles. The fourth-order valence-corrected chi connectivity index (χ4v) is 1.43. The van der Waals surface area contributed by atoms with Crippen LogP contribution in [0.15, 0.2) is 0 Å². The van der Waals surface area contributed by atoms with E-state index in [1.807, 2.05) is 0 Å². The minimum absolute atomic E-state index is 0.626. The monoisotopic (exact) mass is 199 g/mol. The topological polar surface area (TPSA) is 21.3 Å². The zero-order valence-corrected chi connectivity index (χ0v) is 9.72. The summed E-state index contributed by atoms with van der Waals surface area (Å²) in [7, 11) is 0. The van der Waals surface area contributed by atoms with E-state index in [0.717, 1.165) is 25.7 Å². The molecule has 0 saturated heterocycles. The van der Waals surface area contributed by atoms with Gasteiger partial charge in [-0.3, -0.25) is 0 Å². The lowest BCUT2D eigenvalue weighted by Gasteiger charge is -2.07. The molecule has 0 atom stereocenters. The molecule has 1 saturated carbocycles. The van der Waals surface area contributed by atoms with Gasteiger partial charge in [-0.15, -0.1) is 0 Å². The van der Waals surface area contributed by atoms with Crippen LogP contribution in [0.5, 0.6) is 0 Å². The first-order valence-corrected chi connectivity index (χ1v) is 6.10. The zero-order valence-electron chi connectivity index (χ0n) is 9.72. The minimum atomic E-state index is 0.626. The number of ether oxygens (including phenoxy) is 1. The molecule has 0 aromatic heterocycles. The molecule has 1 rings (SSSR count). The highest BCUT2D eigenvalue weighted by molar-refractivity contribution is 4.71. The second kappa shape index (κ2) is 7.24. The Morgan fingerprint density at radius 3 is 2.64 bits per heavy atom. The SMILES string of the molecule is CC(C)NCCCCCOCC1CC1. The van der Waals surface area contributed by atoms with Crippen LogP contribution in [0.3, 0.4) is 0 Å². The highest BCUT2D eigenvalue weighted by Crippen LogP contribution is 2.28. The van der Waals surface area contributed by atoms with Gasteiger partial charge in [0.1, 0.15) is 0 Å². The predicted molar refractivity (Wildman–Crippen MR) is 60.5 cm³/mol. The Bertz CT molecular complexity index is 124. The molecule has 84 valence electrons. The van der Waals surface area contributed by atoms with Gasteiger partial charge in [0.15, 0.2) is 0 Å². The predicted octanol–water partition coefficient (Wildman–Crippen LogP) is 2.58. The molecule has 1 aliphatic carbocycles. The fourth-order valence-electron chi connectivity index (χ4n) is 1.43. The molecule has 2 nitrogen and oxygen atoms in total. The van der Waals surface area contributed by atoms with Gasteiger partial charge in [-0.2, -0.15) is 0 Å². The van der Waals surface area contributed by atoms with Crippen molar-refractivity contribution in [3.8, 4) is 0 Å². The fraction of sp³-hybridized carbons (Fsp3) is 1.00. The minimum Gasteiger partial charge on any atom is -0.381 e. The van der Waals surface area contributed by atoms with Gasteiger partial charge in [0.25, 0.3) is 0 Å². The Labute approximate surface area is 88.4 Å². The van der Waals surface area contributed by atoms with Crippen molar-refractivity contribution in [2.24, 2.45) is 5.92 Å². The molecule has 0 spiro atoms. The van der Waals surface area contributed by atoms with Crippen LogP contribution in [0.2, 0.25) is 0 Å². The van der Waals surface area contributed by atoms with Crippen molar-refractivity contribution in [2.75, 3.05) is 19.8 Å². The lowest BCUT2D eigenvalue weighted by molar-refractivity contribution is 0.120. The summed E-state index contributed by atoms with van der Waals surface area (Å²) in [5.74, 6) is 0.914. The Kier molecular flexibility index (Phi) is 6.20. The molecule has 2 heteroatoms. The van der Waals surface area contributed by atoms with E-state index in [9.17, 15) is 0 Å². The number of hydrogen-bond donors (Lipinski definition) is 1. The van der Waals surface area contributed by atoms with Crippen molar-refractivity contribution in [2.45, 2.75) is 52.0 Å². The third-order valence-corrected chi connectivity index (χ3v) is 2.57. The second-order valence-corrected chi connectivity index (χ2v) is 4.69. The summed E-state index contributed by atoms with van der Waals surface area (Å²) >= 11 is 0. The molecule has 0 amide bonds. The van der Waals surface area contributed by atoms with Crippen molar-refractivity contribution >= 4 is 0 Å². The van der Waals surface area contributed by atoms with Gasteiger partial charge in [0.2, 0.25) is 0 Å². The van der Waals surface area contributed by atoms with Gasteiger partial charge in [0.05, 0.1) is 0 Å².